The largest absolute Gasteiger partial charge is 0.308 e. The van der Waals surface area contributed by atoms with Crippen molar-refractivity contribution in [2.45, 2.75) is 5.33 Å². The zero-order chi connectivity index (χ0) is 10.0. The van der Waals surface area contributed by atoms with E-state index in [1.54, 1.807) is 0 Å². The summed E-state index contributed by atoms with van der Waals surface area (Å²) in [5, 5.41) is 10.5. The molecular formula is C7H4BrF2NO2. The average Bonchev–Trinajstić information content (AvgIpc) is 2.09. The van der Waals surface area contributed by atoms with Crippen molar-refractivity contribution in [3.63, 3.8) is 0 Å². The van der Waals surface area contributed by atoms with Gasteiger partial charge in [0.2, 0.25) is 5.82 Å². The molecular weight excluding hydrogens is 248 g/mol. The molecule has 1 aromatic carbocycles. The van der Waals surface area contributed by atoms with Gasteiger partial charge in [-0.15, -0.1) is 0 Å². The second kappa shape index (κ2) is 3.78. The summed E-state index contributed by atoms with van der Waals surface area (Å²) in [6, 6.07) is 1.91. The standard InChI is InChI=1S/C7H4BrF2NO2/c8-3-4-1-5(9)7(10)6(2-4)11(12)13/h1-2H,3H2. The van der Waals surface area contributed by atoms with Crippen LogP contribution in [0.25, 0.3) is 0 Å². The fourth-order valence-electron chi connectivity index (χ4n) is 0.839. The van der Waals surface area contributed by atoms with Gasteiger partial charge >= 0.3 is 5.69 Å². The second-order valence-electron chi connectivity index (χ2n) is 2.30. The summed E-state index contributed by atoms with van der Waals surface area (Å²) in [6.45, 7) is 0. The number of nitrogens with zero attached hydrogens (tertiary/aromatic N) is 1. The van der Waals surface area contributed by atoms with E-state index < -0.39 is 22.2 Å². The molecule has 0 bridgehead atoms. The lowest BCUT2D eigenvalue weighted by molar-refractivity contribution is -0.387. The molecule has 0 saturated carbocycles. The summed E-state index contributed by atoms with van der Waals surface area (Å²) in [4.78, 5) is 9.27. The molecule has 1 rings (SSSR count). The van der Waals surface area contributed by atoms with Gasteiger partial charge in [-0.1, -0.05) is 15.9 Å². The molecule has 0 N–H and O–H groups in total. The Bertz CT molecular complexity index is 357. The number of alkyl halides is 1. The minimum absolute atomic E-state index is 0.241. The predicted octanol–water partition coefficient (Wildman–Crippen LogP) is 2.77. The first kappa shape index (κ1) is 10.0. The Labute approximate surface area is 80.6 Å². The van der Waals surface area contributed by atoms with Crippen LogP contribution in [0.4, 0.5) is 14.5 Å². The minimum Gasteiger partial charge on any atom is -0.258 e. The molecule has 0 aliphatic heterocycles. The highest BCUT2D eigenvalue weighted by Crippen LogP contribution is 2.22. The summed E-state index contributed by atoms with van der Waals surface area (Å²) < 4.78 is 25.4. The van der Waals surface area contributed by atoms with E-state index in [1.807, 2.05) is 0 Å². The van der Waals surface area contributed by atoms with Gasteiger partial charge in [-0.05, 0) is 11.6 Å². The normalized spacial score (nSPS) is 10.1. The monoisotopic (exact) mass is 251 g/mol. The van der Waals surface area contributed by atoms with Gasteiger partial charge in [0.25, 0.3) is 0 Å². The van der Waals surface area contributed by atoms with Crippen LogP contribution >= 0.6 is 15.9 Å². The third kappa shape index (κ3) is 2.00. The van der Waals surface area contributed by atoms with Crippen molar-refractivity contribution >= 4 is 21.6 Å². The Morgan fingerprint density at radius 1 is 1.46 bits per heavy atom. The van der Waals surface area contributed by atoms with Crippen LogP contribution in [-0.4, -0.2) is 4.92 Å². The molecule has 6 heteroatoms. The van der Waals surface area contributed by atoms with Crippen LogP contribution in [0.3, 0.4) is 0 Å². The minimum atomic E-state index is -1.42. The molecule has 0 saturated heterocycles. The molecule has 13 heavy (non-hydrogen) atoms. The van der Waals surface area contributed by atoms with Crippen LogP contribution in [-0.2, 0) is 5.33 Å². The van der Waals surface area contributed by atoms with Crippen molar-refractivity contribution in [1.29, 1.82) is 0 Å². The van der Waals surface area contributed by atoms with Gasteiger partial charge in [0.15, 0.2) is 5.82 Å². The van der Waals surface area contributed by atoms with Crippen LogP contribution in [0.5, 0.6) is 0 Å². The average molecular weight is 252 g/mol. The number of halogens is 3. The molecule has 1 aromatic rings. The number of nitro benzene ring substituents is 1. The molecule has 0 heterocycles. The van der Waals surface area contributed by atoms with E-state index in [2.05, 4.69) is 15.9 Å². The number of rotatable bonds is 2. The first-order valence-electron chi connectivity index (χ1n) is 3.24. The third-order valence-corrected chi connectivity index (χ3v) is 2.07. The van der Waals surface area contributed by atoms with E-state index in [9.17, 15) is 18.9 Å². The second-order valence-corrected chi connectivity index (χ2v) is 2.86. The summed E-state index contributed by atoms with van der Waals surface area (Å²) in [6.07, 6.45) is 0. The van der Waals surface area contributed by atoms with E-state index in [4.69, 9.17) is 0 Å². The fraction of sp³-hybridized carbons (Fsp3) is 0.143. The van der Waals surface area contributed by atoms with E-state index in [-0.39, 0.29) is 5.33 Å². The van der Waals surface area contributed by atoms with Crippen LogP contribution in [0.2, 0.25) is 0 Å². The summed E-state index contributed by atoms with van der Waals surface area (Å²) in [7, 11) is 0. The van der Waals surface area contributed by atoms with Gasteiger partial charge in [0.05, 0.1) is 4.92 Å². The molecule has 0 aromatic heterocycles. The van der Waals surface area contributed by atoms with E-state index in [0.29, 0.717) is 5.56 Å². The van der Waals surface area contributed by atoms with Gasteiger partial charge in [-0.2, -0.15) is 4.39 Å². The smallest absolute Gasteiger partial charge is 0.258 e. The lowest BCUT2D eigenvalue weighted by Gasteiger charge is -1.98. The van der Waals surface area contributed by atoms with Crippen LogP contribution in [0.1, 0.15) is 5.56 Å². The zero-order valence-electron chi connectivity index (χ0n) is 6.26. The Hall–Kier alpha value is -1.04. The van der Waals surface area contributed by atoms with Crippen molar-refractivity contribution in [3.8, 4) is 0 Å². The fourth-order valence-corrected chi connectivity index (χ4v) is 1.16. The van der Waals surface area contributed by atoms with Crippen molar-refractivity contribution in [2.75, 3.05) is 0 Å². The number of benzene rings is 1. The highest BCUT2D eigenvalue weighted by Gasteiger charge is 2.19. The number of hydrogen-bond acceptors (Lipinski definition) is 2. The predicted molar refractivity (Wildman–Crippen MR) is 45.6 cm³/mol. The van der Waals surface area contributed by atoms with E-state index in [0.717, 1.165) is 12.1 Å². The van der Waals surface area contributed by atoms with Crippen LogP contribution in [0, 0.1) is 21.7 Å². The number of nitro groups is 1. The lowest BCUT2D eigenvalue weighted by atomic mass is 10.2. The molecule has 0 aliphatic rings. The molecule has 0 aliphatic carbocycles. The van der Waals surface area contributed by atoms with Crippen molar-refractivity contribution in [2.24, 2.45) is 0 Å². The summed E-state index contributed by atoms with van der Waals surface area (Å²) in [5.41, 5.74) is -0.514. The molecule has 0 atom stereocenters. The Morgan fingerprint density at radius 3 is 2.54 bits per heavy atom. The molecule has 0 unspecified atom stereocenters. The van der Waals surface area contributed by atoms with Gasteiger partial charge in [-0.25, -0.2) is 4.39 Å². The maximum absolute atomic E-state index is 12.7. The van der Waals surface area contributed by atoms with Gasteiger partial charge < -0.3 is 0 Å². The van der Waals surface area contributed by atoms with Crippen LogP contribution < -0.4 is 0 Å². The first-order chi connectivity index (χ1) is 6.06. The highest BCUT2D eigenvalue weighted by molar-refractivity contribution is 9.08. The highest BCUT2D eigenvalue weighted by atomic mass is 79.9. The van der Waals surface area contributed by atoms with E-state index in [1.165, 1.54) is 0 Å². The third-order valence-electron chi connectivity index (χ3n) is 1.42. The van der Waals surface area contributed by atoms with Crippen molar-refractivity contribution < 1.29 is 13.7 Å². The Balaban J connectivity index is 3.33. The maximum atomic E-state index is 12.7. The summed E-state index contributed by atoms with van der Waals surface area (Å²) in [5.74, 6) is -2.63. The Morgan fingerprint density at radius 2 is 2.08 bits per heavy atom. The number of hydrogen-bond donors (Lipinski definition) is 0. The molecule has 0 amide bonds. The van der Waals surface area contributed by atoms with Gasteiger partial charge in [0, 0.05) is 11.4 Å². The first-order valence-corrected chi connectivity index (χ1v) is 4.36. The quantitative estimate of drug-likeness (QED) is 0.461. The van der Waals surface area contributed by atoms with E-state index >= 15 is 0 Å². The molecule has 0 spiro atoms. The van der Waals surface area contributed by atoms with Crippen LogP contribution in [0.15, 0.2) is 12.1 Å². The molecule has 70 valence electrons. The van der Waals surface area contributed by atoms with Gasteiger partial charge in [0.1, 0.15) is 0 Å². The van der Waals surface area contributed by atoms with Crippen molar-refractivity contribution in [1.82, 2.24) is 0 Å². The van der Waals surface area contributed by atoms with Gasteiger partial charge in [-0.3, -0.25) is 10.1 Å². The molecule has 3 nitrogen and oxygen atoms in total. The van der Waals surface area contributed by atoms with Crippen molar-refractivity contribution in [3.05, 3.63) is 39.4 Å². The lowest BCUT2D eigenvalue weighted by Crippen LogP contribution is -1.97. The SMILES string of the molecule is O=[N+]([O-])c1cc(CBr)cc(F)c1F. The summed E-state index contributed by atoms with van der Waals surface area (Å²) >= 11 is 2.99. The topological polar surface area (TPSA) is 43.1 Å². The molecule has 0 radical (unpaired) electrons. The Kier molecular flexibility index (Phi) is 2.92. The molecule has 0 fully saturated rings. The zero-order valence-corrected chi connectivity index (χ0v) is 7.85. The maximum Gasteiger partial charge on any atom is 0.308 e.